The normalized spacial score (nSPS) is 5.57. The van der Waals surface area contributed by atoms with Crippen LogP contribution in [-0.2, 0) is 76.3 Å². The van der Waals surface area contributed by atoms with Gasteiger partial charge in [-0.3, -0.25) is 0 Å². The molecule has 0 fully saturated rings. The summed E-state index contributed by atoms with van der Waals surface area (Å²) < 4.78 is 77.5. The fraction of sp³-hybridized carbons (Fsp3) is 0. The van der Waals surface area contributed by atoms with Crippen molar-refractivity contribution in [2.75, 3.05) is 0 Å². The Morgan fingerprint density at radius 1 is 0.500 bits per heavy atom. The van der Waals surface area contributed by atoms with Crippen LogP contribution in [0.3, 0.4) is 0 Å². The Morgan fingerprint density at radius 3 is 0.500 bits per heavy atom. The van der Waals surface area contributed by atoms with Gasteiger partial charge in [0.25, 0.3) is 0 Å². The van der Waals surface area contributed by atoms with Crippen LogP contribution in [0, 0.1) is 71.2 Å². The SMILES string of the molecule is [La+3].[La+3].[O]=[Zr]([O-])[O-].[O]=[Zr]([O-])[O-].[O]=[Zr]([O-])[O-]. The average molecular weight is 695 g/mol. The molecule has 0 aromatic heterocycles. The van der Waals surface area contributed by atoms with Crippen molar-refractivity contribution in [1.29, 1.82) is 0 Å². The summed E-state index contributed by atoms with van der Waals surface area (Å²) in [5.74, 6) is 0. The maximum atomic E-state index is 8.61. The van der Waals surface area contributed by atoms with Crippen molar-refractivity contribution >= 4 is 0 Å². The summed E-state index contributed by atoms with van der Waals surface area (Å²) in [6.45, 7) is 0. The van der Waals surface area contributed by atoms with Crippen LogP contribution in [0.15, 0.2) is 0 Å². The predicted octanol–water partition coefficient (Wildman–Crippen LogP) is -7.50. The van der Waals surface area contributed by atoms with E-state index < -0.39 is 67.9 Å². The predicted molar refractivity (Wildman–Crippen MR) is 2.06 cm³/mol. The third-order valence-electron chi connectivity index (χ3n) is 0. The second-order valence-electron chi connectivity index (χ2n) is 0.750. The quantitative estimate of drug-likeness (QED) is 0.237. The van der Waals surface area contributed by atoms with E-state index in [0.29, 0.717) is 0 Å². The Hall–Kier alpha value is 4.20. The van der Waals surface area contributed by atoms with Crippen LogP contribution in [0.5, 0.6) is 0 Å². The molecule has 72 valence electrons. The molecule has 0 aliphatic rings. The van der Waals surface area contributed by atoms with Crippen molar-refractivity contribution in [2.45, 2.75) is 0 Å². The molecule has 0 atom stereocenters. The first kappa shape index (κ1) is 30.9. The molecule has 9 nitrogen and oxygen atoms in total. The van der Waals surface area contributed by atoms with Crippen molar-refractivity contribution < 1.29 is 167 Å². The summed E-state index contributed by atoms with van der Waals surface area (Å²) in [5, 5.41) is 0. The number of hydrogen-bond donors (Lipinski definition) is 0. The first-order valence-corrected chi connectivity index (χ1v) is 10.9. The molecular weight excluding hydrogens is 695 g/mol. The summed E-state index contributed by atoms with van der Waals surface area (Å²) in [6.07, 6.45) is 0. The fourth-order valence-corrected chi connectivity index (χ4v) is 0. The third-order valence-corrected chi connectivity index (χ3v) is 0. The fourth-order valence-electron chi connectivity index (χ4n) is 0. The molecule has 0 amide bonds. The molecule has 0 radical (unpaired) electrons. The summed E-state index contributed by atoms with van der Waals surface area (Å²) in [4.78, 5) is 0. The van der Waals surface area contributed by atoms with Crippen molar-refractivity contribution in [2.24, 2.45) is 0 Å². The molecule has 0 saturated carbocycles. The van der Waals surface area contributed by atoms with Gasteiger partial charge in [0.2, 0.25) is 0 Å². The maximum absolute atomic E-state index is 8.61. The van der Waals surface area contributed by atoms with Gasteiger partial charge in [-0.15, -0.1) is 0 Å². The van der Waals surface area contributed by atoms with Gasteiger partial charge in [0.1, 0.15) is 0 Å². The molecule has 0 aliphatic heterocycles. The average Bonchev–Trinajstić information content (AvgIpc) is 1.54. The van der Waals surface area contributed by atoms with Crippen LogP contribution in [0.1, 0.15) is 0 Å². The van der Waals surface area contributed by atoms with Gasteiger partial charge in [-0.05, 0) is 0 Å². The molecule has 0 rings (SSSR count). The first-order valence-electron chi connectivity index (χ1n) is 1.84. The Labute approximate surface area is 162 Å². The summed E-state index contributed by atoms with van der Waals surface area (Å²) in [5.41, 5.74) is 0. The van der Waals surface area contributed by atoms with E-state index in [1.54, 1.807) is 0 Å². The number of hydrogen-bond acceptors (Lipinski definition) is 9. The van der Waals surface area contributed by atoms with Gasteiger partial charge in [0.05, 0.1) is 0 Å². The monoisotopic (exact) mass is 691 g/mol. The van der Waals surface area contributed by atoms with Gasteiger partial charge in [-0.25, -0.2) is 0 Å². The third kappa shape index (κ3) is 212. The Morgan fingerprint density at radius 2 is 0.500 bits per heavy atom. The molecule has 0 aromatic carbocycles. The van der Waals surface area contributed by atoms with Crippen LogP contribution in [0.25, 0.3) is 0 Å². The van der Waals surface area contributed by atoms with Crippen molar-refractivity contribution in [1.82, 2.24) is 0 Å². The second-order valence-corrected chi connectivity index (χ2v) is 4.44. The Kier molecular flexibility index (Phi) is 57.2. The van der Waals surface area contributed by atoms with Gasteiger partial charge in [0, 0.05) is 0 Å². The van der Waals surface area contributed by atoms with Crippen molar-refractivity contribution in [3.05, 3.63) is 0 Å². The van der Waals surface area contributed by atoms with Gasteiger partial charge < -0.3 is 0 Å². The molecule has 0 spiro atoms. The van der Waals surface area contributed by atoms with E-state index in [1.807, 2.05) is 0 Å². The van der Waals surface area contributed by atoms with Crippen molar-refractivity contribution in [3.8, 4) is 0 Å². The minimum absolute atomic E-state index is 0. The van der Waals surface area contributed by atoms with Crippen LogP contribution in [0.4, 0.5) is 0 Å². The molecule has 0 bridgehead atoms. The van der Waals surface area contributed by atoms with Gasteiger partial charge in [-0.2, -0.15) is 0 Å². The van der Waals surface area contributed by atoms with E-state index >= 15 is 0 Å². The first-order chi connectivity index (χ1) is 5.20. The van der Waals surface area contributed by atoms with Gasteiger partial charge >= 0.3 is 167 Å². The van der Waals surface area contributed by atoms with Crippen LogP contribution in [-0.4, -0.2) is 0 Å². The van der Waals surface area contributed by atoms with Crippen LogP contribution in [0.2, 0.25) is 0 Å². The minimum atomic E-state index is -4.29. The van der Waals surface area contributed by atoms with E-state index in [9.17, 15) is 0 Å². The summed E-state index contributed by atoms with van der Waals surface area (Å²) >= 11 is -12.9. The zero-order chi connectivity index (χ0) is 10.7. The molecule has 0 aliphatic carbocycles. The van der Waals surface area contributed by atoms with Crippen LogP contribution < -0.4 is 19.1 Å². The van der Waals surface area contributed by atoms with E-state index in [4.69, 9.17) is 27.5 Å². The molecule has 0 heterocycles. The zero-order valence-electron chi connectivity index (χ0n) is 6.33. The molecule has 0 saturated heterocycles. The zero-order valence-corrected chi connectivity index (χ0v) is 21.0. The van der Waals surface area contributed by atoms with Gasteiger partial charge in [-0.1, -0.05) is 0 Å². The molecule has 14 heteroatoms. The number of rotatable bonds is 0. The molecule has 0 aromatic rings. The molecule has 14 heavy (non-hydrogen) atoms. The Bertz CT molecular complexity index is 116. The van der Waals surface area contributed by atoms with E-state index in [0.717, 1.165) is 0 Å². The van der Waals surface area contributed by atoms with Gasteiger partial charge in [0.15, 0.2) is 0 Å². The van der Waals surface area contributed by atoms with E-state index in [2.05, 4.69) is 0 Å². The topological polar surface area (TPSA) is 190 Å². The standard InChI is InChI=1S/2La.9O.3Zr/q2*+3;;;;6*-1;;;. The molecule has 0 N–H and O–H groups in total. The van der Waals surface area contributed by atoms with Crippen LogP contribution >= 0.6 is 0 Å². The summed E-state index contributed by atoms with van der Waals surface area (Å²) in [7, 11) is 0. The molecular formula is La2O9Zr3. The Balaban J connectivity index is -0.0000000270. The summed E-state index contributed by atoms with van der Waals surface area (Å²) in [6, 6.07) is 0. The second kappa shape index (κ2) is 25.9. The van der Waals surface area contributed by atoms with E-state index in [-0.39, 0.29) is 71.2 Å². The van der Waals surface area contributed by atoms with Crippen molar-refractivity contribution in [3.63, 3.8) is 0 Å². The van der Waals surface area contributed by atoms with E-state index in [1.165, 1.54) is 0 Å². The molecule has 0 unspecified atom stereocenters.